The molecule has 2 atom stereocenters. The van der Waals surface area contributed by atoms with Crippen molar-refractivity contribution in [1.82, 2.24) is 9.55 Å². The van der Waals surface area contributed by atoms with Crippen LogP contribution in [0.1, 0.15) is 50.3 Å². The number of carbonyl (C=O) groups excluding carboxylic acids is 2. The second-order valence-corrected chi connectivity index (χ2v) is 8.05. The fraction of sp³-hybridized carbons (Fsp3) is 0.400. The van der Waals surface area contributed by atoms with Crippen LogP contribution in [0.15, 0.2) is 48.5 Å². The molecule has 0 N–H and O–H groups in total. The van der Waals surface area contributed by atoms with Crippen molar-refractivity contribution in [2.45, 2.75) is 46.1 Å². The zero-order valence-electron chi connectivity index (χ0n) is 18.4. The first-order valence-electron chi connectivity index (χ1n) is 11.1. The van der Waals surface area contributed by atoms with Crippen molar-refractivity contribution in [3.63, 3.8) is 0 Å². The maximum Gasteiger partial charge on any atom is 0.321 e. The largest absolute Gasteiger partial charge is 0.465 e. The molecule has 1 aliphatic heterocycles. The standard InChI is InChI=1S/C25H29N3O3/c1-4-6-9-16-27-23(29)21(24(30)31-5-2)22(18-14-12-17(3)13-15-18)28-20-11-8-7-10-19(20)26-25(27)28/h7-8,10-15,21-22H,4-6,9,16H2,1-3H3/t21-,22-/m1/s1. The van der Waals surface area contributed by atoms with Gasteiger partial charge in [-0.3, -0.25) is 14.5 Å². The molecule has 0 bridgehead atoms. The summed E-state index contributed by atoms with van der Waals surface area (Å²) in [6.45, 7) is 6.68. The monoisotopic (exact) mass is 419 g/mol. The minimum atomic E-state index is -0.950. The zero-order valence-corrected chi connectivity index (χ0v) is 18.4. The fourth-order valence-corrected chi connectivity index (χ4v) is 4.34. The minimum absolute atomic E-state index is 0.233. The van der Waals surface area contributed by atoms with E-state index in [1.807, 2.05) is 55.5 Å². The van der Waals surface area contributed by atoms with E-state index in [9.17, 15) is 9.59 Å². The summed E-state index contributed by atoms with van der Waals surface area (Å²) in [5, 5.41) is 0. The number of aromatic nitrogens is 2. The van der Waals surface area contributed by atoms with Crippen molar-refractivity contribution in [2.24, 2.45) is 5.92 Å². The minimum Gasteiger partial charge on any atom is -0.465 e. The number of nitrogens with zero attached hydrogens (tertiary/aromatic N) is 3. The van der Waals surface area contributed by atoms with Gasteiger partial charge < -0.3 is 9.30 Å². The number of unbranched alkanes of at least 4 members (excludes halogenated alkanes) is 2. The lowest BCUT2D eigenvalue weighted by molar-refractivity contribution is -0.153. The number of benzene rings is 2. The lowest BCUT2D eigenvalue weighted by Crippen LogP contribution is -2.50. The average molecular weight is 420 g/mol. The van der Waals surface area contributed by atoms with Crippen molar-refractivity contribution >= 4 is 28.9 Å². The van der Waals surface area contributed by atoms with Crippen LogP contribution >= 0.6 is 0 Å². The van der Waals surface area contributed by atoms with Gasteiger partial charge >= 0.3 is 5.97 Å². The van der Waals surface area contributed by atoms with Gasteiger partial charge in [-0.05, 0) is 38.0 Å². The second-order valence-electron chi connectivity index (χ2n) is 8.05. The molecule has 0 fully saturated rings. The predicted octanol–water partition coefficient (Wildman–Crippen LogP) is 4.65. The maximum absolute atomic E-state index is 13.7. The van der Waals surface area contributed by atoms with Gasteiger partial charge in [-0.2, -0.15) is 0 Å². The number of hydrogen-bond donors (Lipinski definition) is 0. The van der Waals surface area contributed by atoms with Crippen LogP contribution in [0.2, 0.25) is 0 Å². The molecule has 2 aromatic carbocycles. The summed E-state index contributed by atoms with van der Waals surface area (Å²) < 4.78 is 7.44. The van der Waals surface area contributed by atoms with Gasteiger partial charge in [0.1, 0.15) is 0 Å². The van der Waals surface area contributed by atoms with Gasteiger partial charge in [0.25, 0.3) is 0 Å². The molecule has 1 aromatic heterocycles. The summed E-state index contributed by atoms with van der Waals surface area (Å²) in [4.78, 5) is 33.3. The summed E-state index contributed by atoms with van der Waals surface area (Å²) in [5.74, 6) is -1.06. The highest BCUT2D eigenvalue weighted by molar-refractivity contribution is 6.08. The van der Waals surface area contributed by atoms with Crippen molar-refractivity contribution in [1.29, 1.82) is 0 Å². The fourth-order valence-electron chi connectivity index (χ4n) is 4.34. The summed E-state index contributed by atoms with van der Waals surface area (Å²) >= 11 is 0. The van der Waals surface area contributed by atoms with Crippen molar-refractivity contribution in [3.8, 4) is 0 Å². The van der Waals surface area contributed by atoms with Crippen LogP contribution in [0.3, 0.4) is 0 Å². The Morgan fingerprint density at radius 2 is 1.81 bits per heavy atom. The Balaban J connectivity index is 1.93. The van der Waals surface area contributed by atoms with Gasteiger partial charge in [0.05, 0.1) is 23.7 Å². The highest BCUT2D eigenvalue weighted by Gasteiger charge is 2.47. The molecule has 0 unspecified atom stereocenters. The molecule has 0 aliphatic carbocycles. The molecule has 31 heavy (non-hydrogen) atoms. The first kappa shape index (κ1) is 21.1. The zero-order chi connectivity index (χ0) is 22.0. The van der Waals surface area contributed by atoms with E-state index in [1.165, 1.54) is 0 Å². The maximum atomic E-state index is 13.7. The Morgan fingerprint density at radius 1 is 1.06 bits per heavy atom. The summed E-state index contributed by atoms with van der Waals surface area (Å²) in [7, 11) is 0. The molecule has 6 nitrogen and oxygen atoms in total. The molecule has 0 radical (unpaired) electrons. The van der Waals surface area contributed by atoms with E-state index in [-0.39, 0.29) is 12.5 Å². The number of carbonyl (C=O) groups is 2. The highest BCUT2D eigenvalue weighted by Crippen LogP contribution is 2.41. The Labute approximate surface area is 182 Å². The van der Waals surface area contributed by atoms with Gasteiger partial charge in [-0.15, -0.1) is 0 Å². The number of ether oxygens (including phenoxy) is 1. The molecule has 1 aliphatic rings. The van der Waals surface area contributed by atoms with Crippen molar-refractivity contribution in [2.75, 3.05) is 18.1 Å². The summed E-state index contributed by atoms with van der Waals surface area (Å²) in [5.41, 5.74) is 3.74. The van der Waals surface area contributed by atoms with Gasteiger partial charge in [0.15, 0.2) is 5.92 Å². The van der Waals surface area contributed by atoms with E-state index in [4.69, 9.17) is 9.72 Å². The number of fused-ring (bicyclic) bond motifs is 3. The van der Waals surface area contributed by atoms with Crippen LogP contribution in [0.4, 0.5) is 5.95 Å². The molecular formula is C25H29N3O3. The van der Waals surface area contributed by atoms with E-state index < -0.39 is 17.9 Å². The van der Waals surface area contributed by atoms with Gasteiger partial charge in [0, 0.05) is 6.54 Å². The summed E-state index contributed by atoms with van der Waals surface area (Å²) in [6.07, 6.45) is 2.91. The number of para-hydroxylation sites is 2. The molecule has 0 saturated carbocycles. The van der Waals surface area contributed by atoms with Crippen LogP contribution in [-0.2, 0) is 14.3 Å². The van der Waals surface area contributed by atoms with Crippen molar-refractivity contribution < 1.29 is 14.3 Å². The Morgan fingerprint density at radius 3 is 2.52 bits per heavy atom. The topological polar surface area (TPSA) is 64.4 Å². The number of anilines is 1. The lowest BCUT2D eigenvalue weighted by Gasteiger charge is -2.38. The number of hydrogen-bond acceptors (Lipinski definition) is 4. The highest BCUT2D eigenvalue weighted by atomic mass is 16.5. The average Bonchev–Trinajstić information content (AvgIpc) is 3.15. The lowest BCUT2D eigenvalue weighted by atomic mass is 9.89. The third kappa shape index (κ3) is 3.82. The third-order valence-corrected chi connectivity index (χ3v) is 5.89. The molecule has 162 valence electrons. The first-order chi connectivity index (χ1) is 15.1. The number of rotatable bonds is 7. The van der Waals surface area contributed by atoms with E-state index in [0.717, 1.165) is 41.4 Å². The quantitative estimate of drug-likeness (QED) is 0.318. The first-order valence-corrected chi connectivity index (χ1v) is 11.1. The Kier molecular flexibility index (Phi) is 6.07. The SMILES string of the molecule is CCCCCN1C(=O)[C@H](C(=O)OCC)[C@@H](c2ccc(C)cc2)n2c1nc1ccccc12. The normalized spacial score (nSPS) is 18.3. The third-order valence-electron chi connectivity index (χ3n) is 5.89. The van der Waals surface area contributed by atoms with E-state index >= 15 is 0 Å². The number of esters is 1. The van der Waals surface area contributed by atoms with Crippen LogP contribution in [-0.4, -0.2) is 34.6 Å². The van der Waals surface area contributed by atoms with Crippen LogP contribution < -0.4 is 4.90 Å². The molecular weight excluding hydrogens is 390 g/mol. The number of amides is 1. The molecule has 3 aromatic rings. The second kappa shape index (κ2) is 8.92. The van der Waals surface area contributed by atoms with Crippen LogP contribution in [0.5, 0.6) is 0 Å². The van der Waals surface area contributed by atoms with Gasteiger partial charge in [0.2, 0.25) is 11.9 Å². The predicted molar refractivity (Wildman–Crippen MR) is 121 cm³/mol. The summed E-state index contributed by atoms with van der Waals surface area (Å²) in [6, 6.07) is 15.3. The number of aryl methyl sites for hydroxylation is 1. The smallest absolute Gasteiger partial charge is 0.321 e. The van der Waals surface area contributed by atoms with E-state index in [0.29, 0.717) is 12.5 Å². The number of imidazole rings is 1. The van der Waals surface area contributed by atoms with E-state index in [2.05, 4.69) is 11.5 Å². The molecule has 1 amide bonds. The van der Waals surface area contributed by atoms with Crippen LogP contribution in [0.25, 0.3) is 11.0 Å². The molecule has 0 saturated heterocycles. The molecule has 2 heterocycles. The molecule has 0 spiro atoms. The van der Waals surface area contributed by atoms with Crippen LogP contribution in [0, 0.1) is 12.8 Å². The van der Waals surface area contributed by atoms with Gasteiger partial charge in [-0.25, -0.2) is 4.98 Å². The van der Waals surface area contributed by atoms with E-state index in [1.54, 1.807) is 11.8 Å². The molecule has 4 rings (SSSR count). The van der Waals surface area contributed by atoms with Crippen molar-refractivity contribution in [3.05, 3.63) is 59.7 Å². The Bertz CT molecular complexity index is 1090. The Hall–Kier alpha value is -3.15. The van der Waals surface area contributed by atoms with Gasteiger partial charge in [-0.1, -0.05) is 61.7 Å². The molecule has 6 heteroatoms.